The molecule has 0 radical (unpaired) electrons. The topological polar surface area (TPSA) is 125 Å². The number of hydrogen-bond donors (Lipinski definition) is 3. The van der Waals surface area contributed by atoms with E-state index in [1.807, 2.05) is 16.8 Å². The van der Waals surface area contributed by atoms with Crippen LogP contribution in [0.1, 0.15) is 30.4 Å². The van der Waals surface area contributed by atoms with Gasteiger partial charge in [-0.05, 0) is 25.7 Å². The van der Waals surface area contributed by atoms with E-state index < -0.39 is 21.8 Å². The molecule has 0 aliphatic carbocycles. The molecule has 11 nitrogen and oxygen atoms in total. The third kappa shape index (κ3) is 4.72. The van der Waals surface area contributed by atoms with Crippen molar-refractivity contribution in [2.75, 3.05) is 86.2 Å². The van der Waals surface area contributed by atoms with Crippen molar-refractivity contribution in [1.29, 1.82) is 0 Å². The van der Waals surface area contributed by atoms with Gasteiger partial charge in [-0.25, -0.2) is 4.39 Å². The predicted molar refractivity (Wildman–Crippen MR) is 154 cm³/mol. The highest BCUT2D eigenvalue weighted by Crippen LogP contribution is 2.50. The van der Waals surface area contributed by atoms with E-state index in [0.717, 1.165) is 13.0 Å². The molecule has 2 saturated heterocycles. The Morgan fingerprint density at radius 1 is 1.10 bits per heavy atom. The SMILES string of the molecule is CN1CCCc2c1nc(N1CCC3(CC1)C(=O)N(C)c1cc(OCCN4CCS(O)(O)CC4)cc(F)c13)[nH]c2=O. The standard InChI is InChI=1S/C27H37FN6O5S/c1-31-7-3-4-19-23(31)29-26(30-24(19)35)34-8-5-27(6-9-34)22-20(28)16-18(17-21(22)32(2)25(27)36)39-13-10-33-11-14-40(37,38)15-12-33/h16-17,37-38H,3-15H2,1-2H3,(H,29,30,35). The van der Waals surface area contributed by atoms with Crippen molar-refractivity contribution in [3.05, 3.63) is 39.4 Å². The first-order valence-corrected chi connectivity index (χ1v) is 15.8. The van der Waals surface area contributed by atoms with Gasteiger partial charge >= 0.3 is 0 Å². The largest absolute Gasteiger partial charge is 0.492 e. The first-order chi connectivity index (χ1) is 19.1. The van der Waals surface area contributed by atoms with E-state index in [1.165, 1.54) is 11.0 Å². The number of aromatic nitrogens is 2. The van der Waals surface area contributed by atoms with Gasteiger partial charge in [-0.15, -0.1) is 0 Å². The van der Waals surface area contributed by atoms with Gasteiger partial charge in [0.1, 0.15) is 24.0 Å². The summed E-state index contributed by atoms with van der Waals surface area (Å²) in [5.41, 5.74) is 0.568. The number of carbonyl (C=O) groups is 1. The molecule has 4 aliphatic rings. The minimum absolute atomic E-state index is 0.122. The number of piperidine rings is 1. The first-order valence-electron chi connectivity index (χ1n) is 13.9. The molecule has 0 bridgehead atoms. The summed E-state index contributed by atoms with van der Waals surface area (Å²) in [5.74, 6) is 1.72. The maximum Gasteiger partial charge on any atom is 0.257 e. The van der Waals surface area contributed by atoms with Crippen LogP contribution < -0.4 is 25.0 Å². The molecule has 2 aromatic rings. The Labute approximate surface area is 234 Å². The van der Waals surface area contributed by atoms with Crippen LogP contribution >= 0.6 is 10.6 Å². The fraction of sp³-hybridized carbons (Fsp3) is 0.593. The van der Waals surface area contributed by atoms with Crippen molar-refractivity contribution < 1.29 is 23.0 Å². The lowest BCUT2D eigenvalue weighted by atomic mass is 9.73. The van der Waals surface area contributed by atoms with Crippen LogP contribution in [0.4, 0.5) is 21.8 Å². The lowest BCUT2D eigenvalue weighted by Gasteiger charge is -2.40. The van der Waals surface area contributed by atoms with Crippen molar-refractivity contribution >= 4 is 34.0 Å². The second-order valence-corrected chi connectivity index (χ2v) is 13.8. The summed E-state index contributed by atoms with van der Waals surface area (Å²) in [4.78, 5) is 41.6. The fourth-order valence-electron chi connectivity index (χ4n) is 6.54. The molecule has 0 atom stereocenters. The molecule has 218 valence electrons. The number of benzene rings is 1. The molecule has 0 saturated carbocycles. The number of carbonyl (C=O) groups excluding carboxylic acids is 1. The van der Waals surface area contributed by atoms with Gasteiger partial charge in [0.05, 0.1) is 28.2 Å². The molecule has 0 unspecified atom stereocenters. The summed E-state index contributed by atoms with van der Waals surface area (Å²) in [6.07, 6.45) is 2.44. The number of rotatable bonds is 5. The summed E-state index contributed by atoms with van der Waals surface area (Å²) >= 11 is 0. The molecule has 5 heterocycles. The zero-order chi connectivity index (χ0) is 28.2. The molecule has 4 aliphatic heterocycles. The van der Waals surface area contributed by atoms with Gasteiger partial charge in [-0.3, -0.25) is 28.6 Å². The number of hydrogen-bond acceptors (Lipinski definition) is 9. The molecule has 40 heavy (non-hydrogen) atoms. The van der Waals surface area contributed by atoms with E-state index in [2.05, 4.69) is 9.88 Å². The molecule has 6 rings (SSSR count). The maximum atomic E-state index is 15.7. The van der Waals surface area contributed by atoms with E-state index in [9.17, 15) is 18.7 Å². The number of likely N-dealkylation sites (N-methyl/N-ethyl adjacent to an activating group) is 1. The van der Waals surface area contributed by atoms with Crippen molar-refractivity contribution in [2.45, 2.75) is 31.1 Å². The minimum Gasteiger partial charge on any atom is -0.492 e. The van der Waals surface area contributed by atoms with Gasteiger partial charge in [0.15, 0.2) is 0 Å². The average Bonchev–Trinajstić information content (AvgIpc) is 3.12. The lowest BCUT2D eigenvalue weighted by Crippen LogP contribution is -2.49. The normalized spacial score (nSPS) is 22.8. The van der Waals surface area contributed by atoms with Crippen molar-refractivity contribution in [3.63, 3.8) is 0 Å². The number of fused-ring (bicyclic) bond motifs is 3. The Balaban J connectivity index is 1.16. The number of ether oxygens (including phenoxy) is 1. The van der Waals surface area contributed by atoms with Crippen LogP contribution in [0.15, 0.2) is 16.9 Å². The van der Waals surface area contributed by atoms with E-state index >= 15 is 4.39 Å². The lowest BCUT2D eigenvalue weighted by molar-refractivity contribution is -0.123. The average molecular weight is 577 g/mol. The van der Waals surface area contributed by atoms with Crippen molar-refractivity contribution in [2.24, 2.45) is 0 Å². The summed E-state index contributed by atoms with van der Waals surface area (Å²) in [6, 6.07) is 3.10. The number of amides is 1. The van der Waals surface area contributed by atoms with Gasteiger partial charge in [-0.1, -0.05) is 0 Å². The minimum atomic E-state index is -2.45. The van der Waals surface area contributed by atoms with Crippen LogP contribution in [-0.4, -0.2) is 101 Å². The molecule has 1 aromatic carbocycles. The number of H-pyrrole nitrogens is 1. The predicted octanol–water partition coefficient (Wildman–Crippen LogP) is 2.25. The second kappa shape index (κ2) is 10.2. The second-order valence-electron chi connectivity index (χ2n) is 11.3. The van der Waals surface area contributed by atoms with Crippen LogP contribution in [0.3, 0.4) is 0 Å². The maximum absolute atomic E-state index is 15.7. The van der Waals surface area contributed by atoms with Gasteiger partial charge in [0.25, 0.3) is 5.56 Å². The molecule has 1 aromatic heterocycles. The third-order valence-electron chi connectivity index (χ3n) is 8.92. The Hall–Kier alpha value is -2.87. The molecule has 13 heteroatoms. The van der Waals surface area contributed by atoms with Crippen LogP contribution in [-0.2, 0) is 16.6 Å². The van der Waals surface area contributed by atoms with Gasteiger partial charge in [0.2, 0.25) is 11.9 Å². The van der Waals surface area contributed by atoms with Gasteiger partial charge in [0, 0.05) is 71.1 Å². The number of nitrogens with one attached hydrogen (secondary N) is 1. The summed E-state index contributed by atoms with van der Waals surface area (Å²) < 4.78 is 41.1. The Kier molecular flexibility index (Phi) is 6.96. The number of halogens is 1. The van der Waals surface area contributed by atoms with Crippen LogP contribution in [0.2, 0.25) is 0 Å². The van der Waals surface area contributed by atoms with Crippen molar-refractivity contribution in [1.82, 2.24) is 14.9 Å². The number of aromatic amines is 1. The first kappa shape index (κ1) is 27.3. The molecular weight excluding hydrogens is 539 g/mol. The van der Waals surface area contributed by atoms with E-state index in [1.54, 1.807) is 13.1 Å². The molecule has 2 fully saturated rings. The van der Waals surface area contributed by atoms with Gasteiger partial charge < -0.3 is 19.4 Å². The van der Waals surface area contributed by atoms with Crippen LogP contribution in [0, 0.1) is 5.82 Å². The fourth-order valence-corrected chi connectivity index (χ4v) is 7.84. The molecular formula is C27H37FN6O5S. The van der Waals surface area contributed by atoms with E-state index in [0.29, 0.717) is 104 Å². The highest BCUT2D eigenvalue weighted by Gasteiger charge is 2.53. The zero-order valence-corrected chi connectivity index (χ0v) is 23.8. The third-order valence-corrected chi connectivity index (χ3v) is 10.6. The molecule has 1 amide bonds. The number of anilines is 3. The summed E-state index contributed by atoms with van der Waals surface area (Å²) in [5, 5.41) is 0. The van der Waals surface area contributed by atoms with Gasteiger partial charge in [-0.2, -0.15) is 15.6 Å². The summed E-state index contributed by atoms with van der Waals surface area (Å²) in [6.45, 7) is 3.87. The quantitative estimate of drug-likeness (QED) is 0.492. The highest BCUT2D eigenvalue weighted by molar-refractivity contribution is 8.24. The van der Waals surface area contributed by atoms with Crippen LogP contribution in [0.25, 0.3) is 0 Å². The van der Waals surface area contributed by atoms with E-state index in [-0.39, 0.29) is 11.5 Å². The zero-order valence-electron chi connectivity index (χ0n) is 23.0. The monoisotopic (exact) mass is 576 g/mol. The molecule has 1 spiro atoms. The Morgan fingerprint density at radius 2 is 1.82 bits per heavy atom. The number of nitrogens with zero attached hydrogens (tertiary/aromatic N) is 5. The molecule has 3 N–H and O–H groups in total. The van der Waals surface area contributed by atoms with Crippen molar-refractivity contribution in [3.8, 4) is 5.75 Å². The smallest absolute Gasteiger partial charge is 0.257 e. The highest BCUT2D eigenvalue weighted by atomic mass is 32.3. The van der Waals surface area contributed by atoms with Crippen LogP contribution in [0.5, 0.6) is 5.75 Å². The summed E-state index contributed by atoms with van der Waals surface area (Å²) in [7, 11) is 1.16. The van der Waals surface area contributed by atoms with E-state index in [4.69, 9.17) is 9.72 Å². The Bertz CT molecular complexity index is 1370. The Morgan fingerprint density at radius 3 is 2.55 bits per heavy atom.